The maximum atomic E-state index is 13.6. The Labute approximate surface area is 222 Å². The minimum atomic E-state index is -1.26. The number of nitrogens with zero attached hydrogens (tertiary/aromatic N) is 2. The van der Waals surface area contributed by atoms with Crippen molar-refractivity contribution in [1.29, 1.82) is 0 Å². The molecule has 3 aromatic carbocycles. The SMILES string of the molecule is O=C1c2c(Cl)c(Cl)c(Cl)c(Cl)c2C(=O)N1[C@H]1C(=O)N(c2ccc(F)cc2)[C@H]1c1ccc2c(c1)OCO2. The third-order valence-electron chi connectivity index (χ3n) is 6.32. The second-order valence-corrected chi connectivity index (χ2v) is 9.69. The number of imide groups is 1. The Morgan fingerprint density at radius 2 is 1.31 bits per heavy atom. The molecule has 0 N–H and O–H groups in total. The van der Waals surface area contributed by atoms with Crippen molar-refractivity contribution in [2.75, 3.05) is 11.7 Å². The van der Waals surface area contributed by atoms with E-state index < -0.39 is 35.6 Å². The highest BCUT2D eigenvalue weighted by atomic mass is 35.5. The Morgan fingerprint density at radius 1 is 0.722 bits per heavy atom. The molecule has 3 aliphatic rings. The molecule has 0 saturated carbocycles. The van der Waals surface area contributed by atoms with E-state index in [2.05, 4.69) is 0 Å². The average molecular weight is 568 g/mol. The van der Waals surface area contributed by atoms with E-state index in [-0.39, 0.29) is 38.0 Å². The van der Waals surface area contributed by atoms with Crippen molar-refractivity contribution in [2.45, 2.75) is 12.1 Å². The molecule has 0 bridgehead atoms. The van der Waals surface area contributed by atoms with E-state index in [1.165, 1.54) is 29.2 Å². The summed E-state index contributed by atoms with van der Waals surface area (Å²) in [6.07, 6.45) is 0. The van der Waals surface area contributed by atoms with Crippen LogP contribution in [0, 0.1) is 5.82 Å². The van der Waals surface area contributed by atoms with Gasteiger partial charge in [0.25, 0.3) is 17.7 Å². The number of ether oxygens (including phenoxy) is 2. The second-order valence-electron chi connectivity index (χ2n) is 8.17. The summed E-state index contributed by atoms with van der Waals surface area (Å²) in [5.41, 5.74) is 0.481. The van der Waals surface area contributed by atoms with Crippen LogP contribution in [-0.2, 0) is 4.79 Å². The summed E-state index contributed by atoms with van der Waals surface area (Å²) in [5.74, 6) is -1.76. The Balaban J connectivity index is 1.48. The summed E-state index contributed by atoms with van der Waals surface area (Å²) in [6, 6.07) is 8.20. The van der Waals surface area contributed by atoms with Crippen LogP contribution in [0.25, 0.3) is 0 Å². The molecule has 12 heteroatoms. The van der Waals surface area contributed by atoms with Gasteiger partial charge in [-0.3, -0.25) is 19.3 Å². The number of hydrogen-bond donors (Lipinski definition) is 0. The predicted molar refractivity (Wildman–Crippen MR) is 130 cm³/mol. The van der Waals surface area contributed by atoms with Crippen LogP contribution in [0.1, 0.15) is 32.3 Å². The Bertz CT molecular complexity index is 1470. The van der Waals surface area contributed by atoms with E-state index in [4.69, 9.17) is 55.9 Å². The third kappa shape index (κ3) is 3.15. The van der Waals surface area contributed by atoms with E-state index in [0.29, 0.717) is 22.7 Å². The van der Waals surface area contributed by atoms with E-state index in [9.17, 15) is 18.8 Å². The highest BCUT2D eigenvalue weighted by Gasteiger charge is 2.58. The summed E-state index contributed by atoms with van der Waals surface area (Å²) in [6.45, 7) is 0.0322. The number of anilines is 1. The molecule has 0 aromatic heterocycles. The molecule has 6 rings (SSSR count). The van der Waals surface area contributed by atoms with E-state index in [0.717, 1.165) is 4.90 Å². The van der Waals surface area contributed by atoms with Crippen LogP contribution in [0.5, 0.6) is 11.5 Å². The lowest BCUT2D eigenvalue weighted by atomic mass is 9.86. The van der Waals surface area contributed by atoms with Crippen molar-refractivity contribution in [1.82, 2.24) is 4.90 Å². The van der Waals surface area contributed by atoms with Gasteiger partial charge in [-0.05, 0) is 42.0 Å². The number of carbonyl (C=O) groups excluding carboxylic acids is 3. The number of benzene rings is 3. The summed E-state index contributed by atoms with van der Waals surface area (Å²) < 4.78 is 24.4. The zero-order valence-electron chi connectivity index (χ0n) is 17.7. The van der Waals surface area contributed by atoms with Gasteiger partial charge in [-0.2, -0.15) is 0 Å². The Kier molecular flexibility index (Phi) is 5.35. The van der Waals surface area contributed by atoms with Crippen molar-refractivity contribution < 1.29 is 28.2 Å². The summed E-state index contributed by atoms with van der Waals surface area (Å²) in [7, 11) is 0. The van der Waals surface area contributed by atoms with Crippen LogP contribution in [0.3, 0.4) is 0 Å². The summed E-state index contributed by atoms with van der Waals surface area (Å²) in [5, 5.41) is -0.817. The maximum Gasteiger partial charge on any atom is 0.264 e. The molecule has 2 atom stereocenters. The van der Waals surface area contributed by atoms with E-state index in [1.54, 1.807) is 18.2 Å². The minimum Gasteiger partial charge on any atom is -0.454 e. The number of rotatable bonds is 3. The fraction of sp³-hybridized carbons (Fsp3) is 0.125. The van der Waals surface area contributed by atoms with Crippen LogP contribution >= 0.6 is 46.4 Å². The largest absolute Gasteiger partial charge is 0.454 e. The van der Waals surface area contributed by atoms with Gasteiger partial charge in [0.2, 0.25) is 6.79 Å². The number of β-lactam (4-membered cyclic amide) rings is 1. The molecule has 182 valence electrons. The molecule has 0 spiro atoms. The molecule has 0 radical (unpaired) electrons. The van der Waals surface area contributed by atoms with Crippen molar-refractivity contribution in [3.8, 4) is 11.5 Å². The Morgan fingerprint density at radius 3 is 1.92 bits per heavy atom. The van der Waals surface area contributed by atoms with Gasteiger partial charge in [0.15, 0.2) is 11.5 Å². The molecule has 7 nitrogen and oxygen atoms in total. The molecular formula is C24H11Cl4FN2O5. The van der Waals surface area contributed by atoms with Crippen LogP contribution in [-0.4, -0.2) is 35.5 Å². The smallest absolute Gasteiger partial charge is 0.264 e. The van der Waals surface area contributed by atoms with Gasteiger partial charge in [0.05, 0.1) is 37.3 Å². The van der Waals surface area contributed by atoms with Gasteiger partial charge >= 0.3 is 0 Å². The number of fused-ring (bicyclic) bond motifs is 2. The lowest BCUT2D eigenvalue weighted by Crippen LogP contribution is -2.67. The average Bonchev–Trinajstić information content (AvgIpc) is 3.43. The van der Waals surface area contributed by atoms with Crippen molar-refractivity contribution >= 4 is 69.8 Å². The lowest BCUT2D eigenvalue weighted by Gasteiger charge is -2.49. The fourth-order valence-corrected chi connectivity index (χ4v) is 5.68. The zero-order chi connectivity index (χ0) is 25.5. The summed E-state index contributed by atoms with van der Waals surface area (Å²) in [4.78, 5) is 42.6. The standard InChI is InChI=1S/C24H11Cl4FN2O5/c25-16-14-15(17(26)19(28)18(16)27)23(33)31(22(14)32)21-20(9-1-6-12-13(7-9)36-8-35-12)30(24(21)34)11-4-2-10(29)3-5-11/h1-7,20-21H,8H2/t20-,21+/m0/s1. The van der Waals surface area contributed by atoms with Crippen LogP contribution in [0.2, 0.25) is 20.1 Å². The van der Waals surface area contributed by atoms with Gasteiger partial charge in [-0.15, -0.1) is 0 Å². The van der Waals surface area contributed by atoms with Crippen molar-refractivity contribution in [3.05, 3.63) is 85.1 Å². The highest BCUT2D eigenvalue weighted by molar-refractivity contribution is 6.55. The quantitative estimate of drug-likeness (QED) is 0.170. The second kappa shape index (κ2) is 8.24. The third-order valence-corrected chi connectivity index (χ3v) is 8.12. The molecule has 0 unspecified atom stereocenters. The van der Waals surface area contributed by atoms with Gasteiger partial charge in [-0.25, -0.2) is 4.39 Å². The van der Waals surface area contributed by atoms with E-state index >= 15 is 0 Å². The van der Waals surface area contributed by atoms with E-state index in [1.807, 2.05) is 0 Å². The van der Waals surface area contributed by atoms with Gasteiger partial charge in [-0.1, -0.05) is 52.5 Å². The number of hydrogen-bond acceptors (Lipinski definition) is 5. The number of halogens is 5. The fourth-order valence-electron chi connectivity index (χ4n) is 4.66. The lowest BCUT2D eigenvalue weighted by molar-refractivity contribution is -0.130. The maximum absolute atomic E-state index is 13.6. The predicted octanol–water partition coefficient (Wildman–Crippen LogP) is 5.92. The zero-order valence-corrected chi connectivity index (χ0v) is 20.8. The van der Waals surface area contributed by atoms with Crippen LogP contribution in [0.15, 0.2) is 42.5 Å². The van der Waals surface area contributed by atoms with Crippen molar-refractivity contribution in [2.24, 2.45) is 0 Å². The number of amides is 3. The minimum absolute atomic E-state index is 0.0322. The Hall–Kier alpha value is -3.04. The molecule has 0 aliphatic carbocycles. The van der Waals surface area contributed by atoms with Crippen LogP contribution in [0.4, 0.5) is 10.1 Å². The van der Waals surface area contributed by atoms with Crippen LogP contribution < -0.4 is 14.4 Å². The molecule has 36 heavy (non-hydrogen) atoms. The van der Waals surface area contributed by atoms with Gasteiger partial charge in [0, 0.05) is 5.69 Å². The van der Waals surface area contributed by atoms with Gasteiger partial charge < -0.3 is 14.4 Å². The molecule has 3 heterocycles. The first-order chi connectivity index (χ1) is 17.2. The normalized spacial score (nSPS) is 20.2. The topological polar surface area (TPSA) is 76.2 Å². The molecular weight excluding hydrogens is 557 g/mol. The highest BCUT2D eigenvalue weighted by Crippen LogP contribution is 2.50. The first-order valence-corrected chi connectivity index (χ1v) is 11.9. The monoisotopic (exact) mass is 566 g/mol. The van der Waals surface area contributed by atoms with Crippen molar-refractivity contribution in [3.63, 3.8) is 0 Å². The first-order valence-electron chi connectivity index (χ1n) is 10.4. The first kappa shape index (κ1) is 23.4. The molecule has 1 fully saturated rings. The molecule has 3 aromatic rings. The summed E-state index contributed by atoms with van der Waals surface area (Å²) >= 11 is 24.8. The van der Waals surface area contributed by atoms with Gasteiger partial charge in [0.1, 0.15) is 11.9 Å². The molecule has 3 amide bonds. The number of carbonyl (C=O) groups is 3. The molecule has 1 saturated heterocycles. The molecule has 3 aliphatic heterocycles.